The van der Waals surface area contributed by atoms with E-state index >= 15 is 0 Å². The van der Waals surface area contributed by atoms with Crippen LogP contribution in [0.25, 0.3) is 0 Å². The number of allylic oxidation sites excluding steroid dienone is 14. The summed E-state index contributed by atoms with van der Waals surface area (Å²) in [6.07, 6.45) is 85.4. The topological polar surface area (TPSA) is 108 Å². The van der Waals surface area contributed by atoms with Crippen LogP contribution in [0, 0.1) is 0 Å². The van der Waals surface area contributed by atoms with Crippen LogP contribution in [0.4, 0.5) is 0 Å². The molecule has 9 nitrogen and oxygen atoms in total. The van der Waals surface area contributed by atoms with E-state index in [4.69, 9.17) is 18.5 Å². The van der Waals surface area contributed by atoms with E-state index in [1.165, 1.54) is 205 Å². The first-order valence-electron chi connectivity index (χ1n) is 34.3. The van der Waals surface area contributed by atoms with Crippen LogP contribution in [-0.4, -0.2) is 74.9 Å². The van der Waals surface area contributed by atoms with Crippen LogP contribution in [0.1, 0.15) is 309 Å². The van der Waals surface area contributed by atoms with Crippen LogP contribution in [0.3, 0.4) is 0 Å². The molecule has 0 saturated carbocycles. The molecule has 0 rings (SSSR count). The Kier molecular flexibility index (Phi) is 60.6. The fourth-order valence-corrected chi connectivity index (χ4v) is 10.4. The summed E-state index contributed by atoms with van der Waals surface area (Å²) in [4.78, 5) is 35.9. The molecule has 476 valence electrons. The van der Waals surface area contributed by atoms with Crippen LogP contribution in [0.2, 0.25) is 0 Å². The highest BCUT2D eigenvalue weighted by atomic mass is 31.2. The van der Waals surface area contributed by atoms with Crippen molar-refractivity contribution in [2.45, 2.75) is 315 Å². The molecule has 0 aromatic rings. The lowest BCUT2D eigenvalue weighted by Crippen LogP contribution is -2.37. The van der Waals surface area contributed by atoms with E-state index in [0.717, 1.165) is 70.6 Å². The Balaban J connectivity index is 4.04. The van der Waals surface area contributed by atoms with E-state index in [1.54, 1.807) is 0 Å². The molecule has 2 unspecified atom stereocenters. The van der Waals surface area contributed by atoms with Gasteiger partial charge in [0.15, 0.2) is 6.10 Å². The van der Waals surface area contributed by atoms with Crippen molar-refractivity contribution in [1.29, 1.82) is 0 Å². The molecule has 2 atom stereocenters. The van der Waals surface area contributed by atoms with E-state index in [9.17, 15) is 19.0 Å². The number of quaternary nitrogens is 1. The van der Waals surface area contributed by atoms with Crippen molar-refractivity contribution in [1.82, 2.24) is 0 Å². The quantitative estimate of drug-likeness (QED) is 0.0211. The summed E-state index contributed by atoms with van der Waals surface area (Å²) in [7, 11) is 1.48. The van der Waals surface area contributed by atoms with Crippen molar-refractivity contribution in [3.05, 3.63) is 85.1 Å². The van der Waals surface area contributed by atoms with Crippen molar-refractivity contribution >= 4 is 19.8 Å². The second-order valence-corrected chi connectivity index (χ2v) is 25.6. The number of carbonyl (C=O) groups is 2. The number of ether oxygens (including phenoxy) is 2. The number of likely N-dealkylation sites (N-methyl/N-ethyl adjacent to an activating group) is 1. The predicted molar refractivity (Wildman–Crippen MR) is 353 cm³/mol. The molecule has 0 spiro atoms. The second kappa shape index (κ2) is 62.7. The van der Waals surface area contributed by atoms with Gasteiger partial charge in [-0.2, -0.15) is 0 Å². The van der Waals surface area contributed by atoms with Crippen molar-refractivity contribution in [3.63, 3.8) is 0 Å². The second-order valence-electron chi connectivity index (χ2n) is 24.2. The number of nitrogens with zero attached hydrogens (tertiary/aromatic N) is 1. The van der Waals surface area contributed by atoms with Gasteiger partial charge in [0.2, 0.25) is 0 Å². The molecular weight excluding hydrogens is 1040 g/mol. The highest BCUT2D eigenvalue weighted by molar-refractivity contribution is 7.47. The lowest BCUT2D eigenvalue weighted by molar-refractivity contribution is -0.870. The SMILES string of the molecule is CC/C=C\C/C=C\C/C=C\C/C=C\CCCCCCCCCCCCCCCCCCCCCCC(=O)OC(COC(=O)CCCCCCCCCCCC/C=C\C/C=C\C/C=C\CCCCCCC)COP(=O)(O)OCC[N+](C)(C)C. The summed E-state index contributed by atoms with van der Waals surface area (Å²) >= 11 is 0. The van der Waals surface area contributed by atoms with Crippen molar-refractivity contribution in [3.8, 4) is 0 Å². The maximum atomic E-state index is 12.9. The zero-order valence-corrected chi connectivity index (χ0v) is 55.1. The third-order valence-electron chi connectivity index (χ3n) is 14.9. The van der Waals surface area contributed by atoms with Crippen LogP contribution in [0.5, 0.6) is 0 Å². The summed E-state index contributed by atoms with van der Waals surface area (Å²) in [5.74, 6) is -0.792. The largest absolute Gasteiger partial charge is 0.472 e. The Hall–Kier alpha value is -2.81. The third-order valence-corrected chi connectivity index (χ3v) is 15.9. The van der Waals surface area contributed by atoms with E-state index in [-0.39, 0.29) is 32.0 Å². The summed E-state index contributed by atoms with van der Waals surface area (Å²) in [5.41, 5.74) is 0. The van der Waals surface area contributed by atoms with Gasteiger partial charge in [-0.3, -0.25) is 18.6 Å². The Bertz CT molecular complexity index is 1660. The van der Waals surface area contributed by atoms with Gasteiger partial charge in [0.1, 0.15) is 19.8 Å². The first kappa shape index (κ1) is 79.2. The number of phosphoric acid groups is 1. The maximum absolute atomic E-state index is 12.9. The Morgan fingerprint density at radius 3 is 1.04 bits per heavy atom. The molecule has 0 aromatic carbocycles. The number of unbranched alkanes of at least 4 members (excludes halogenated alkanes) is 35. The summed E-state index contributed by atoms with van der Waals surface area (Å²) in [6, 6.07) is 0. The first-order valence-corrected chi connectivity index (χ1v) is 35.8. The van der Waals surface area contributed by atoms with Gasteiger partial charge in [0.05, 0.1) is 27.7 Å². The lowest BCUT2D eigenvalue weighted by atomic mass is 10.0. The molecule has 1 N–H and O–H groups in total. The molecule has 0 aliphatic carbocycles. The number of carbonyl (C=O) groups excluding carboxylic acids is 2. The van der Waals surface area contributed by atoms with Gasteiger partial charge >= 0.3 is 19.8 Å². The number of hydrogen-bond acceptors (Lipinski definition) is 7. The van der Waals surface area contributed by atoms with Gasteiger partial charge in [-0.25, -0.2) is 4.57 Å². The first-order chi connectivity index (χ1) is 40.0. The molecule has 0 aliphatic rings. The van der Waals surface area contributed by atoms with E-state index in [2.05, 4.69) is 98.9 Å². The zero-order chi connectivity index (χ0) is 59.8. The number of hydrogen-bond donors (Lipinski definition) is 1. The van der Waals surface area contributed by atoms with Gasteiger partial charge in [0, 0.05) is 12.8 Å². The maximum Gasteiger partial charge on any atom is 0.472 e. The Morgan fingerprint density at radius 2 is 0.695 bits per heavy atom. The molecular formula is C72H131NO8P+. The minimum absolute atomic E-state index is 0.0298. The minimum Gasteiger partial charge on any atom is -0.462 e. The average Bonchev–Trinajstić information content (AvgIpc) is 3.46. The fourth-order valence-electron chi connectivity index (χ4n) is 9.66. The van der Waals surface area contributed by atoms with E-state index in [1.807, 2.05) is 21.1 Å². The number of esters is 2. The molecule has 0 aliphatic heterocycles. The van der Waals surface area contributed by atoms with Crippen molar-refractivity contribution in [2.24, 2.45) is 0 Å². The highest BCUT2D eigenvalue weighted by Crippen LogP contribution is 2.43. The third kappa shape index (κ3) is 66.3. The van der Waals surface area contributed by atoms with Gasteiger partial charge in [0.25, 0.3) is 0 Å². The summed E-state index contributed by atoms with van der Waals surface area (Å²) in [5, 5.41) is 0. The number of rotatable bonds is 63. The molecule has 10 heteroatoms. The molecule has 0 fully saturated rings. The minimum atomic E-state index is -4.39. The fraction of sp³-hybridized carbons (Fsp3) is 0.778. The molecule has 0 heterocycles. The van der Waals surface area contributed by atoms with E-state index in [0.29, 0.717) is 17.4 Å². The Morgan fingerprint density at radius 1 is 0.390 bits per heavy atom. The van der Waals surface area contributed by atoms with Crippen LogP contribution in [-0.2, 0) is 32.7 Å². The van der Waals surface area contributed by atoms with Crippen LogP contribution >= 0.6 is 7.82 Å². The van der Waals surface area contributed by atoms with Gasteiger partial charge in [-0.15, -0.1) is 0 Å². The summed E-state index contributed by atoms with van der Waals surface area (Å²) in [6.45, 7) is 4.34. The molecule has 0 radical (unpaired) electrons. The molecule has 0 bridgehead atoms. The van der Waals surface area contributed by atoms with Gasteiger partial charge in [-0.1, -0.05) is 292 Å². The smallest absolute Gasteiger partial charge is 0.462 e. The standard InChI is InChI=1S/C72H130NO8P/c1-6-8-10-12-14-16-18-20-22-24-26-28-30-32-33-34-35-36-37-38-39-41-43-45-47-49-51-53-55-57-59-61-63-65-72(75)81-70(69-80-82(76,77)79-67-66-73(3,4)5)68-78-71(74)64-62-60-58-56-54-52-50-48-46-44-42-40-31-29-27-25-23-21-19-17-15-13-11-9-7-2/h8,10,14,16,19-22,25-28,31,40,70H,6-7,9,11-13,15,17-18,23-24,29-30,32-39,41-69H2,1-5H3/p+1/b10-8-,16-14-,21-19-,22-20-,27-25-,28-26-,40-31-. The number of phosphoric ester groups is 1. The van der Waals surface area contributed by atoms with Crippen LogP contribution in [0.15, 0.2) is 85.1 Å². The summed E-state index contributed by atoms with van der Waals surface area (Å²) < 4.78 is 34.7. The zero-order valence-electron chi connectivity index (χ0n) is 54.2. The van der Waals surface area contributed by atoms with Crippen molar-refractivity contribution in [2.75, 3.05) is 47.5 Å². The predicted octanol–water partition coefficient (Wildman–Crippen LogP) is 22.2. The van der Waals surface area contributed by atoms with Gasteiger partial charge < -0.3 is 18.9 Å². The normalized spacial score (nSPS) is 13.7. The van der Waals surface area contributed by atoms with Crippen LogP contribution < -0.4 is 0 Å². The highest BCUT2D eigenvalue weighted by Gasteiger charge is 2.27. The molecule has 82 heavy (non-hydrogen) atoms. The Labute approximate surface area is 507 Å². The van der Waals surface area contributed by atoms with E-state index < -0.39 is 26.5 Å². The average molecular weight is 1170 g/mol. The monoisotopic (exact) mass is 1170 g/mol. The van der Waals surface area contributed by atoms with Gasteiger partial charge in [-0.05, 0) is 89.9 Å². The molecule has 0 saturated heterocycles. The molecule has 0 aromatic heterocycles. The van der Waals surface area contributed by atoms with Crippen molar-refractivity contribution < 1.29 is 42.1 Å². The molecule has 0 amide bonds. The lowest BCUT2D eigenvalue weighted by Gasteiger charge is -2.24.